The van der Waals surface area contributed by atoms with Crippen molar-refractivity contribution in [3.8, 4) is 5.75 Å². The Bertz CT molecular complexity index is 905. The number of Topliss-reactive ketones (excluding diaryl/α,β-unsaturated/α-hetero) is 1. The van der Waals surface area contributed by atoms with Crippen molar-refractivity contribution in [3.63, 3.8) is 0 Å². The van der Waals surface area contributed by atoms with Crippen LogP contribution < -0.4 is 10.1 Å². The third-order valence-corrected chi connectivity index (χ3v) is 10.3. The van der Waals surface area contributed by atoms with E-state index in [1.807, 2.05) is 24.3 Å². The van der Waals surface area contributed by atoms with Crippen LogP contribution in [0.25, 0.3) is 0 Å². The first kappa shape index (κ1) is 24.6. The summed E-state index contributed by atoms with van der Waals surface area (Å²) in [5.41, 5.74) is 1.52. The number of carbonyl (C=O) groups excluding carboxylic acids is 1. The van der Waals surface area contributed by atoms with E-state index >= 15 is 0 Å². The SMILES string of the molecule is COc1ccc(N[C@H](c2ccc([N+](=O)[O-])cc2)[C@@H](O[Si](C)(C)C(C)(C)C)C(C)=O)cc1. The van der Waals surface area contributed by atoms with Gasteiger partial charge in [0, 0.05) is 17.8 Å². The minimum absolute atomic E-state index is 0.00311. The molecule has 2 aromatic carbocycles. The monoisotopic (exact) mass is 444 g/mol. The summed E-state index contributed by atoms with van der Waals surface area (Å²) in [5, 5.41) is 14.4. The molecule has 0 amide bonds. The van der Waals surface area contributed by atoms with E-state index in [1.165, 1.54) is 19.1 Å². The van der Waals surface area contributed by atoms with Crippen molar-refractivity contribution in [1.82, 2.24) is 0 Å². The van der Waals surface area contributed by atoms with Gasteiger partial charge in [-0.05, 0) is 54.9 Å². The third-order valence-electron chi connectivity index (χ3n) is 5.81. The number of nitro groups is 1. The molecule has 31 heavy (non-hydrogen) atoms. The number of anilines is 1. The number of nitro benzene ring substituents is 1. The number of methoxy groups -OCH3 is 1. The third kappa shape index (κ3) is 6.14. The van der Waals surface area contributed by atoms with Crippen LogP contribution in [0.3, 0.4) is 0 Å². The van der Waals surface area contributed by atoms with Gasteiger partial charge >= 0.3 is 0 Å². The zero-order chi connectivity index (χ0) is 23.4. The summed E-state index contributed by atoms with van der Waals surface area (Å²) in [6.45, 7) is 12.1. The van der Waals surface area contributed by atoms with Crippen LogP contribution in [-0.4, -0.2) is 32.2 Å². The second-order valence-electron chi connectivity index (χ2n) is 9.11. The molecule has 0 bridgehead atoms. The maximum absolute atomic E-state index is 12.8. The molecule has 1 N–H and O–H groups in total. The van der Waals surface area contributed by atoms with Crippen LogP contribution in [0, 0.1) is 10.1 Å². The number of non-ortho nitro benzene ring substituents is 1. The summed E-state index contributed by atoms with van der Waals surface area (Å²) in [6, 6.07) is 13.1. The van der Waals surface area contributed by atoms with E-state index in [-0.39, 0.29) is 16.5 Å². The van der Waals surface area contributed by atoms with Gasteiger partial charge in [-0.3, -0.25) is 14.9 Å². The van der Waals surface area contributed by atoms with E-state index in [9.17, 15) is 14.9 Å². The van der Waals surface area contributed by atoms with Gasteiger partial charge in [-0.25, -0.2) is 0 Å². The molecular formula is C23H32N2O5Si. The topological polar surface area (TPSA) is 90.7 Å². The van der Waals surface area contributed by atoms with Gasteiger partial charge in [0.2, 0.25) is 0 Å². The van der Waals surface area contributed by atoms with Crippen molar-refractivity contribution in [2.45, 2.75) is 58.0 Å². The van der Waals surface area contributed by atoms with Gasteiger partial charge < -0.3 is 14.5 Å². The van der Waals surface area contributed by atoms with E-state index in [2.05, 4.69) is 39.2 Å². The van der Waals surface area contributed by atoms with E-state index < -0.39 is 25.4 Å². The first-order chi connectivity index (χ1) is 14.4. The molecule has 0 saturated heterocycles. The van der Waals surface area contributed by atoms with Crippen LogP contribution in [0.2, 0.25) is 18.1 Å². The summed E-state index contributed by atoms with van der Waals surface area (Å²) < 4.78 is 11.8. The summed E-state index contributed by atoms with van der Waals surface area (Å²) >= 11 is 0. The quantitative estimate of drug-likeness (QED) is 0.301. The summed E-state index contributed by atoms with van der Waals surface area (Å²) in [4.78, 5) is 23.4. The number of carbonyl (C=O) groups is 1. The Kier molecular flexibility index (Phi) is 7.61. The highest BCUT2D eigenvalue weighted by atomic mass is 28.4. The number of ketones is 1. The van der Waals surface area contributed by atoms with Gasteiger partial charge in [0.15, 0.2) is 14.1 Å². The highest BCUT2D eigenvalue weighted by Crippen LogP contribution is 2.39. The lowest BCUT2D eigenvalue weighted by molar-refractivity contribution is -0.384. The van der Waals surface area contributed by atoms with Crippen molar-refractivity contribution in [1.29, 1.82) is 0 Å². The molecule has 8 heteroatoms. The summed E-state index contributed by atoms with van der Waals surface area (Å²) in [7, 11) is -0.678. The Morgan fingerprint density at radius 3 is 2.03 bits per heavy atom. The standard InChI is InChI=1S/C23H32N2O5Si/c1-16(26)22(30-31(6,7)23(2,3)4)21(17-8-12-19(13-9-17)25(27)28)24-18-10-14-20(29-5)15-11-18/h8-15,21-22,24H,1-7H3/t21-,22+/m1/s1. The van der Waals surface area contributed by atoms with Crippen LogP contribution in [-0.2, 0) is 9.22 Å². The zero-order valence-electron chi connectivity index (χ0n) is 19.3. The van der Waals surface area contributed by atoms with Crippen LogP contribution >= 0.6 is 0 Å². The van der Waals surface area contributed by atoms with Gasteiger partial charge in [0.1, 0.15) is 11.9 Å². The van der Waals surface area contributed by atoms with Crippen molar-refractivity contribution in [2.75, 3.05) is 12.4 Å². The zero-order valence-corrected chi connectivity index (χ0v) is 20.3. The number of nitrogens with one attached hydrogen (secondary N) is 1. The van der Waals surface area contributed by atoms with E-state index in [1.54, 1.807) is 19.2 Å². The molecule has 0 spiro atoms. The lowest BCUT2D eigenvalue weighted by Crippen LogP contribution is -2.48. The first-order valence-corrected chi connectivity index (χ1v) is 13.1. The summed E-state index contributed by atoms with van der Waals surface area (Å²) in [6.07, 6.45) is -0.746. The van der Waals surface area contributed by atoms with Crippen molar-refractivity contribution >= 4 is 25.5 Å². The van der Waals surface area contributed by atoms with Gasteiger partial charge in [0.25, 0.3) is 5.69 Å². The Labute approximate surface area is 185 Å². The Morgan fingerprint density at radius 2 is 1.61 bits per heavy atom. The molecule has 7 nitrogen and oxygen atoms in total. The lowest BCUT2D eigenvalue weighted by Gasteiger charge is -2.41. The highest BCUT2D eigenvalue weighted by molar-refractivity contribution is 6.74. The fourth-order valence-corrected chi connectivity index (χ4v) is 4.17. The van der Waals surface area contributed by atoms with Crippen molar-refractivity contribution < 1.29 is 18.9 Å². The normalized spacial score (nSPS) is 13.9. The lowest BCUT2D eigenvalue weighted by atomic mass is 9.98. The van der Waals surface area contributed by atoms with E-state index in [4.69, 9.17) is 9.16 Å². The molecule has 2 atom stereocenters. The molecule has 0 aliphatic heterocycles. The Hall–Kier alpha value is -2.71. The molecule has 0 aromatic heterocycles. The molecular weight excluding hydrogens is 412 g/mol. The average molecular weight is 445 g/mol. The molecule has 0 aliphatic carbocycles. The number of hydrogen-bond acceptors (Lipinski definition) is 6. The molecule has 0 unspecified atom stereocenters. The largest absolute Gasteiger partial charge is 0.497 e. The molecule has 0 saturated carbocycles. The highest BCUT2D eigenvalue weighted by Gasteiger charge is 2.42. The molecule has 2 aromatic rings. The minimum Gasteiger partial charge on any atom is -0.497 e. The second-order valence-corrected chi connectivity index (χ2v) is 13.9. The maximum atomic E-state index is 12.8. The number of nitrogens with zero attached hydrogens (tertiary/aromatic N) is 1. The van der Waals surface area contributed by atoms with Crippen LogP contribution in [0.15, 0.2) is 48.5 Å². The summed E-state index contributed by atoms with van der Waals surface area (Å²) in [5.74, 6) is 0.618. The number of ether oxygens (including phenoxy) is 1. The molecule has 0 aliphatic rings. The number of benzene rings is 2. The van der Waals surface area contributed by atoms with Gasteiger partial charge in [-0.2, -0.15) is 0 Å². The van der Waals surface area contributed by atoms with Crippen molar-refractivity contribution in [3.05, 3.63) is 64.2 Å². The molecule has 168 valence electrons. The predicted octanol–water partition coefficient (Wildman–Crippen LogP) is 5.74. The smallest absolute Gasteiger partial charge is 0.269 e. The van der Waals surface area contributed by atoms with Gasteiger partial charge in [-0.1, -0.05) is 32.9 Å². The van der Waals surface area contributed by atoms with Crippen LogP contribution in [0.1, 0.15) is 39.3 Å². The van der Waals surface area contributed by atoms with E-state index in [0.29, 0.717) is 0 Å². The maximum Gasteiger partial charge on any atom is 0.269 e. The molecule has 2 rings (SSSR count). The van der Waals surface area contributed by atoms with Gasteiger partial charge in [-0.15, -0.1) is 0 Å². The van der Waals surface area contributed by atoms with Gasteiger partial charge in [0.05, 0.1) is 18.1 Å². The number of hydrogen-bond donors (Lipinski definition) is 1. The van der Waals surface area contributed by atoms with Crippen molar-refractivity contribution in [2.24, 2.45) is 0 Å². The molecule has 0 fully saturated rings. The van der Waals surface area contributed by atoms with Crippen LogP contribution in [0.5, 0.6) is 5.75 Å². The fraction of sp³-hybridized carbons (Fsp3) is 0.435. The molecule has 0 radical (unpaired) electrons. The Balaban J connectivity index is 2.48. The van der Waals surface area contributed by atoms with Crippen LogP contribution in [0.4, 0.5) is 11.4 Å². The predicted molar refractivity (Wildman–Crippen MR) is 125 cm³/mol. The van der Waals surface area contributed by atoms with E-state index in [0.717, 1.165) is 17.0 Å². The number of rotatable bonds is 9. The first-order valence-electron chi connectivity index (χ1n) is 10.2. The second kappa shape index (κ2) is 9.61. The Morgan fingerprint density at radius 1 is 1.06 bits per heavy atom. The average Bonchev–Trinajstić information content (AvgIpc) is 2.70. The minimum atomic E-state index is -2.28. The fourth-order valence-electron chi connectivity index (χ4n) is 2.88. The molecule has 0 heterocycles.